The second-order valence-electron chi connectivity index (χ2n) is 2.95. The van der Waals surface area contributed by atoms with Gasteiger partial charge in [0.25, 0.3) is 0 Å². The zero-order valence-electron chi connectivity index (χ0n) is 6.93. The average molecular weight is 182 g/mol. The predicted octanol–water partition coefficient (Wildman–Crippen LogP) is 0.875. The van der Waals surface area contributed by atoms with E-state index in [2.05, 4.69) is 0 Å². The Hall–Kier alpha value is -1.42. The summed E-state index contributed by atoms with van der Waals surface area (Å²) in [5, 5.41) is 18.2. The molecule has 4 nitrogen and oxygen atoms in total. The fourth-order valence-electron chi connectivity index (χ4n) is 1.00. The van der Waals surface area contributed by atoms with Gasteiger partial charge in [-0.1, -0.05) is 0 Å². The summed E-state index contributed by atoms with van der Waals surface area (Å²) in [7, 11) is 0. The van der Waals surface area contributed by atoms with Crippen LogP contribution in [0.1, 0.15) is 0 Å². The molecule has 1 aromatic rings. The van der Waals surface area contributed by atoms with Crippen LogP contribution in [0, 0.1) is 0 Å². The smallest absolute Gasteiger partial charge is 0.126 e. The summed E-state index contributed by atoms with van der Waals surface area (Å²) in [5.41, 5.74) is 0. The molecule has 1 atom stereocenters. The van der Waals surface area contributed by atoms with Gasteiger partial charge in [-0.05, 0) is 0 Å². The lowest BCUT2D eigenvalue weighted by molar-refractivity contribution is 0.261. The van der Waals surface area contributed by atoms with Gasteiger partial charge in [0.2, 0.25) is 0 Å². The molecule has 1 aliphatic rings. The maximum absolute atomic E-state index is 9.10. The highest BCUT2D eigenvalue weighted by molar-refractivity contribution is 5.40. The minimum absolute atomic E-state index is 0.00767. The van der Waals surface area contributed by atoms with Crippen molar-refractivity contribution in [3.63, 3.8) is 0 Å². The lowest BCUT2D eigenvalue weighted by Crippen LogP contribution is -2.03. The van der Waals surface area contributed by atoms with Crippen molar-refractivity contribution in [3.05, 3.63) is 18.2 Å². The van der Waals surface area contributed by atoms with E-state index < -0.39 is 0 Å². The minimum Gasteiger partial charge on any atom is -0.508 e. The summed E-state index contributed by atoms with van der Waals surface area (Å²) in [4.78, 5) is 0. The van der Waals surface area contributed by atoms with E-state index in [-0.39, 0.29) is 17.6 Å². The number of phenolic OH excluding ortho intramolecular Hbond substituents is 2. The predicted molar refractivity (Wildman–Crippen MR) is 45.0 cm³/mol. The summed E-state index contributed by atoms with van der Waals surface area (Å²) < 4.78 is 10.2. The van der Waals surface area contributed by atoms with E-state index in [1.54, 1.807) is 0 Å². The second-order valence-corrected chi connectivity index (χ2v) is 2.95. The van der Waals surface area contributed by atoms with Crippen LogP contribution in [0.25, 0.3) is 0 Å². The third kappa shape index (κ3) is 2.26. The van der Waals surface area contributed by atoms with Crippen LogP contribution in [0.4, 0.5) is 0 Å². The number of benzene rings is 1. The molecule has 2 N–H and O–H groups in total. The fourth-order valence-corrected chi connectivity index (χ4v) is 1.00. The Morgan fingerprint density at radius 1 is 1.31 bits per heavy atom. The van der Waals surface area contributed by atoms with Gasteiger partial charge in [0.1, 0.15) is 30.0 Å². The van der Waals surface area contributed by atoms with Crippen molar-refractivity contribution in [3.8, 4) is 17.2 Å². The van der Waals surface area contributed by atoms with Gasteiger partial charge in [-0.15, -0.1) is 0 Å². The molecule has 13 heavy (non-hydrogen) atoms. The SMILES string of the molecule is Oc1cc(O)cc(OCC2CO2)c1. The first-order valence-electron chi connectivity index (χ1n) is 4.01. The Morgan fingerprint density at radius 2 is 1.92 bits per heavy atom. The molecule has 0 spiro atoms. The molecule has 1 saturated heterocycles. The van der Waals surface area contributed by atoms with Gasteiger partial charge in [0.15, 0.2) is 0 Å². The van der Waals surface area contributed by atoms with Crippen molar-refractivity contribution < 1.29 is 19.7 Å². The summed E-state index contributed by atoms with van der Waals surface area (Å²) >= 11 is 0. The first kappa shape index (κ1) is 8.19. The van der Waals surface area contributed by atoms with Crippen molar-refractivity contribution in [2.24, 2.45) is 0 Å². The highest BCUT2D eigenvalue weighted by atomic mass is 16.6. The Morgan fingerprint density at radius 3 is 2.46 bits per heavy atom. The summed E-state index contributed by atoms with van der Waals surface area (Å²) in [5.74, 6) is 0.437. The van der Waals surface area contributed by atoms with E-state index >= 15 is 0 Å². The first-order valence-corrected chi connectivity index (χ1v) is 4.01. The molecule has 0 amide bonds. The molecule has 1 unspecified atom stereocenters. The van der Waals surface area contributed by atoms with E-state index in [4.69, 9.17) is 19.7 Å². The summed E-state index contributed by atoms with van der Waals surface area (Å²) in [6, 6.07) is 4.14. The van der Waals surface area contributed by atoms with Gasteiger partial charge in [0.05, 0.1) is 6.61 Å². The molecule has 1 aromatic carbocycles. The fraction of sp³-hybridized carbons (Fsp3) is 0.333. The Bertz CT molecular complexity index is 286. The Balaban J connectivity index is 2.01. The third-order valence-electron chi connectivity index (χ3n) is 1.71. The summed E-state index contributed by atoms with van der Waals surface area (Å²) in [6.45, 7) is 1.19. The number of rotatable bonds is 3. The molecule has 0 radical (unpaired) electrons. The average Bonchev–Trinajstić information content (AvgIpc) is 2.81. The molecule has 1 aliphatic heterocycles. The van der Waals surface area contributed by atoms with Crippen LogP contribution in [0.2, 0.25) is 0 Å². The monoisotopic (exact) mass is 182 g/mol. The van der Waals surface area contributed by atoms with Gasteiger partial charge < -0.3 is 19.7 Å². The van der Waals surface area contributed by atoms with Crippen LogP contribution in [0.15, 0.2) is 18.2 Å². The van der Waals surface area contributed by atoms with Gasteiger partial charge in [-0.25, -0.2) is 0 Å². The van der Waals surface area contributed by atoms with E-state index in [0.717, 1.165) is 6.61 Å². The molecular weight excluding hydrogens is 172 g/mol. The van der Waals surface area contributed by atoms with Gasteiger partial charge in [0, 0.05) is 18.2 Å². The number of ether oxygens (including phenoxy) is 2. The molecule has 70 valence electrons. The normalized spacial score (nSPS) is 19.8. The number of aromatic hydroxyl groups is 2. The molecule has 1 fully saturated rings. The maximum Gasteiger partial charge on any atom is 0.126 e. The van der Waals surface area contributed by atoms with Crippen LogP contribution < -0.4 is 4.74 Å². The largest absolute Gasteiger partial charge is 0.508 e. The number of epoxide rings is 1. The van der Waals surface area contributed by atoms with Crippen molar-refractivity contribution >= 4 is 0 Å². The second kappa shape index (κ2) is 3.14. The number of hydrogen-bond acceptors (Lipinski definition) is 4. The summed E-state index contributed by atoms with van der Waals surface area (Å²) in [6.07, 6.45) is 0.171. The van der Waals surface area contributed by atoms with Gasteiger partial charge in [-0.3, -0.25) is 0 Å². The zero-order chi connectivity index (χ0) is 9.26. The van der Waals surface area contributed by atoms with Crippen LogP contribution in [0.5, 0.6) is 17.2 Å². The standard InChI is InChI=1S/C9H10O4/c10-6-1-7(11)3-8(2-6)12-4-9-5-13-9/h1-3,9-11H,4-5H2. The van der Waals surface area contributed by atoms with E-state index in [1.165, 1.54) is 18.2 Å². The lowest BCUT2D eigenvalue weighted by Gasteiger charge is -2.04. The van der Waals surface area contributed by atoms with E-state index in [0.29, 0.717) is 12.4 Å². The van der Waals surface area contributed by atoms with Crippen LogP contribution >= 0.6 is 0 Å². The van der Waals surface area contributed by atoms with E-state index in [1.807, 2.05) is 0 Å². The molecule has 2 rings (SSSR count). The number of hydrogen-bond donors (Lipinski definition) is 2. The first-order chi connectivity index (χ1) is 6.24. The minimum atomic E-state index is -0.00767. The van der Waals surface area contributed by atoms with Crippen molar-refractivity contribution in [1.82, 2.24) is 0 Å². The van der Waals surface area contributed by atoms with Crippen LogP contribution in [-0.2, 0) is 4.74 Å². The van der Waals surface area contributed by atoms with Crippen molar-refractivity contribution in [1.29, 1.82) is 0 Å². The lowest BCUT2D eigenvalue weighted by atomic mass is 10.3. The molecule has 1 heterocycles. The van der Waals surface area contributed by atoms with Gasteiger partial charge >= 0.3 is 0 Å². The molecule has 0 aliphatic carbocycles. The Kier molecular flexibility index (Phi) is 1.98. The molecule has 0 bridgehead atoms. The van der Waals surface area contributed by atoms with Gasteiger partial charge in [-0.2, -0.15) is 0 Å². The third-order valence-corrected chi connectivity index (χ3v) is 1.71. The topological polar surface area (TPSA) is 62.2 Å². The Labute approximate surface area is 75.3 Å². The van der Waals surface area contributed by atoms with Crippen LogP contribution in [-0.4, -0.2) is 29.5 Å². The quantitative estimate of drug-likeness (QED) is 0.681. The molecule has 0 saturated carbocycles. The molecular formula is C9H10O4. The van der Waals surface area contributed by atoms with Crippen molar-refractivity contribution in [2.45, 2.75) is 6.10 Å². The number of phenols is 2. The van der Waals surface area contributed by atoms with Crippen molar-refractivity contribution in [2.75, 3.05) is 13.2 Å². The highest BCUT2D eigenvalue weighted by Gasteiger charge is 2.23. The maximum atomic E-state index is 9.10. The van der Waals surface area contributed by atoms with Crippen LogP contribution in [0.3, 0.4) is 0 Å². The zero-order valence-corrected chi connectivity index (χ0v) is 6.93. The molecule has 0 aromatic heterocycles. The highest BCUT2D eigenvalue weighted by Crippen LogP contribution is 2.26. The van der Waals surface area contributed by atoms with E-state index in [9.17, 15) is 0 Å². The molecule has 4 heteroatoms.